The molecule has 108 valence electrons. The minimum Gasteiger partial charge on any atom is -0.497 e. The van der Waals surface area contributed by atoms with Crippen molar-refractivity contribution < 1.29 is 9.53 Å². The van der Waals surface area contributed by atoms with Crippen LogP contribution in [0.5, 0.6) is 5.75 Å². The molecule has 7 heteroatoms. The third-order valence-corrected chi connectivity index (χ3v) is 4.00. The Labute approximate surface area is 133 Å². The summed E-state index contributed by atoms with van der Waals surface area (Å²) in [5.41, 5.74) is 6.38. The third kappa shape index (κ3) is 3.73. The van der Waals surface area contributed by atoms with Gasteiger partial charge in [0, 0.05) is 13.1 Å². The van der Waals surface area contributed by atoms with Crippen molar-refractivity contribution in [1.82, 2.24) is 4.90 Å². The number of hydrogen-bond acceptors (Lipinski definition) is 5. The molecule has 0 unspecified atom stereocenters. The van der Waals surface area contributed by atoms with Crippen molar-refractivity contribution in [3.05, 3.63) is 34.7 Å². The maximum Gasteiger partial charge on any atom is 0.266 e. The van der Waals surface area contributed by atoms with Gasteiger partial charge in [-0.2, -0.15) is 0 Å². The molecule has 1 aromatic carbocycles. The molecule has 0 radical (unpaired) electrons. The number of rotatable bonds is 4. The average molecular weight is 331 g/mol. The standard InChI is InChI=1S/C13H14N2O2S2.ClH/c1-17-10-4-2-3-9(7-10)8-11-12(16)15(6-5-14)13(18)19-11;/h2-4,7-8H,5-6,14H2,1H3;1H. The van der Waals surface area contributed by atoms with E-state index in [9.17, 15) is 4.79 Å². The van der Waals surface area contributed by atoms with Crippen LogP contribution in [0.3, 0.4) is 0 Å². The van der Waals surface area contributed by atoms with Gasteiger partial charge in [0.2, 0.25) is 0 Å². The van der Waals surface area contributed by atoms with E-state index in [1.54, 1.807) is 7.11 Å². The molecule has 1 saturated heterocycles. The number of halogens is 1. The molecule has 1 amide bonds. The van der Waals surface area contributed by atoms with Crippen LogP contribution in [0.2, 0.25) is 0 Å². The van der Waals surface area contributed by atoms with Crippen molar-refractivity contribution >= 4 is 52.7 Å². The van der Waals surface area contributed by atoms with Gasteiger partial charge in [-0.05, 0) is 23.8 Å². The van der Waals surface area contributed by atoms with E-state index in [2.05, 4.69) is 0 Å². The zero-order chi connectivity index (χ0) is 13.8. The highest BCUT2D eigenvalue weighted by molar-refractivity contribution is 8.26. The number of methoxy groups -OCH3 is 1. The molecular weight excluding hydrogens is 316 g/mol. The molecule has 0 atom stereocenters. The molecule has 0 saturated carbocycles. The highest BCUT2D eigenvalue weighted by Crippen LogP contribution is 2.32. The number of hydrogen-bond donors (Lipinski definition) is 1. The topological polar surface area (TPSA) is 55.6 Å². The molecule has 0 spiro atoms. The van der Waals surface area contributed by atoms with E-state index in [-0.39, 0.29) is 18.3 Å². The van der Waals surface area contributed by atoms with Gasteiger partial charge < -0.3 is 10.5 Å². The van der Waals surface area contributed by atoms with Gasteiger partial charge in [-0.25, -0.2) is 0 Å². The van der Waals surface area contributed by atoms with Gasteiger partial charge in [0.05, 0.1) is 12.0 Å². The van der Waals surface area contributed by atoms with Crippen LogP contribution >= 0.6 is 36.4 Å². The van der Waals surface area contributed by atoms with Gasteiger partial charge in [0.1, 0.15) is 10.1 Å². The highest BCUT2D eigenvalue weighted by atomic mass is 35.5. The molecule has 0 aliphatic carbocycles. The Hall–Kier alpha value is -1.08. The smallest absolute Gasteiger partial charge is 0.266 e. The zero-order valence-corrected chi connectivity index (χ0v) is 13.3. The normalized spacial score (nSPS) is 16.5. The summed E-state index contributed by atoms with van der Waals surface area (Å²) in [4.78, 5) is 14.3. The first-order valence-electron chi connectivity index (χ1n) is 5.75. The van der Waals surface area contributed by atoms with Crippen LogP contribution in [0.4, 0.5) is 0 Å². The first-order chi connectivity index (χ1) is 9.15. The number of thiocarbonyl (C=S) groups is 1. The second kappa shape index (κ2) is 7.64. The summed E-state index contributed by atoms with van der Waals surface area (Å²) in [5.74, 6) is 0.675. The van der Waals surface area contributed by atoms with Gasteiger partial charge in [0.25, 0.3) is 5.91 Å². The molecule has 1 aliphatic heterocycles. The van der Waals surface area contributed by atoms with E-state index < -0.39 is 0 Å². The van der Waals surface area contributed by atoms with Gasteiger partial charge in [-0.3, -0.25) is 9.69 Å². The summed E-state index contributed by atoms with van der Waals surface area (Å²) in [6.45, 7) is 0.860. The van der Waals surface area contributed by atoms with Crippen molar-refractivity contribution in [3.63, 3.8) is 0 Å². The number of amides is 1. The maximum atomic E-state index is 12.1. The highest BCUT2D eigenvalue weighted by Gasteiger charge is 2.31. The number of nitrogens with zero attached hydrogens (tertiary/aromatic N) is 1. The van der Waals surface area contributed by atoms with Crippen molar-refractivity contribution in [2.24, 2.45) is 5.73 Å². The summed E-state index contributed by atoms with van der Waals surface area (Å²) in [5, 5.41) is 0. The van der Waals surface area contributed by atoms with Crippen molar-refractivity contribution in [2.75, 3.05) is 20.2 Å². The Balaban J connectivity index is 0.00000200. The molecule has 1 aromatic rings. The quantitative estimate of drug-likeness (QED) is 0.678. The molecule has 1 heterocycles. The van der Waals surface area contributed by atoms with Crippen LogP contribution < -0.4 is 10.5 Å². The fourth-order valence-corrected chi connectivity index (χ4v) is 3.01. The minimum atomic E-state index is -0.0803. The molecule has 1 aliphatic rings. The number of benzene rings is 1. The fourth-order valence-electron chi connectivity index (χ4n) is 1.70. The van der Waals surface area contributed by atoms with E-state index >= 15 is 0 Å². The Kier molecular flexibility index (Phi) is 6.48. The molecule has 2 N–H and O–H groups in total. The summed E-state index contributed by atoms with van der Waals surface area (Å²) in [6, 6.07) is 7.52. The second-order valence-electron chi connectivity index (χ2n) is 3.90. The number of ether oxygens (including phenoxy) is 1. The van der Waals surface area contributed by atoms with Gasteiger partial charge in [0.15, 0.2) is 0 Å². The monoisotopic (exact) mass is 330 g/mol. The lowest BCUT2D eigenvalue weighted by atomic mass is 10.2. The van der Waals surface area contributed by atoms with Crippen molar-refractivity contribution in [2.45, 2.75) is 0 Å². The molecule has 2 rings (SSSR count). The van der Waals surface area contributed by atoms with E-state index in [4.69, 9.17) is 22.7 Å². The molecule has 0 bridgehead atoms. The third-order valence-electron chi connectivity index (χ3n) is 2.62. The van der Waals surface area contributed by atoms with Gasteiger partial charge in [-0.15, -0.1) is 12.4 Å². The second-order valence-corrected chi connectivity index (χ2v) is 5.57. The maximum absolute atomic E-state index is 12.1. The molecular formula is C13H15ClN2O2S2. The van der Waals surface area contributed by atoms with Crippen LogP contribution in [0, 0.1) is 0 Å². The molecule has 20 heavy (non-hydrogen) atoms. The van der Waals surface area contributed by atoms with Crippen molar-refractivity contribution in [1.29, 1.82) is 0 Å². The first kappa shape index (κ1) is 17.0. The summed E-state index contributed by atoms with van der Waals surface area (Å²) in [7, 11) is 1.61. The Bertz CT molecular complexity index is 549. The van der Waals surface area contributed by atoms with Crippen LogP contribution in [0.15, 0.2) is 29.2 Å². The lowest BCUT2D eigenvalue weighted by Crippen LogP contribution is -2.32. The Morgan fingerprint density at radius 2 is 2.25 bits per heavy atom. The lowest BCUT2D eigenvalue weighted by molar-refractivity contribution is -0.122. The summed E-state index contributed by atoms with van der Waals surface area (Å²) < 4.78 is 5.71. The van der Waals surface area contributed by atoms with Crippen LogP contribution in [0.25, 0.3) is 6.08 Å². The molecule has 1 fully saturated rings. The lowest BCUT2D eigenvalue weighted by Gasteiger charge is -2.11. The predicted molar refractivity (Wildman–Crippen MR) is 89.2 cm³/mol. The largest absolute Gasteiger partial charge is 0.497 e. The van der Waals surface area contributed by atoms with Gasteiger partial charge in [-0.1, -0.05) is 36.1 Å². The molecule has 0 aromatic heterocycles. The fraction of sp³-hybridized carbons (Fsp3) is 0.231. The number of thioether (sulfide) groups is 1. The van der Waals surface area contributed by atoms with E-state index in [1.807, 2.05) is 30.3 Å². The van der Waals surface area contributed by atoms with Crippen LogP contribution in [-0.2, 0) is 4.79 Å². The van der Waals surface area contributed by atoms with E-state index in [0.717, 1.165) is 11.3 Å². The van der Waals surface area contributed by atoms with Crippen LogP contribution in [0.1, 0.15) is 5.56 Å². The average Bonchev–Trinajstić information content (AvgIpc) is 2.67. The van der Waals surface area contributed by atoms with E-state index in [1.165, 1.54) is 16.7 Å². The number of nitrogens with two attached hydrogens (primary N) is 1. The Morgan fingerprint density at radius 3 is 2.90 bits per heavy atom. The summed E-state index contributed by atoms with van der Waals surface area (Å²) >= 11 is 6.47. The van der Waals surface area contributed by atoms with Gasteiger partial charge >= 0.3 is 0 Å². The number of carbonyl (C=O) groups excluding carboxylic acids is 1. The zero-order valence-electron chi connectivity index (χ0n) is 10.9. The minimum absolute atomic E-state index is 0. The Morgan fingerprint density at radius 1 is 1.50 bits per heavy atom. The molecule has 4 nitrogen and oxygen atoms in total. The van der Waals surface area contributed by atoms with Crippen LogP contribution in [-0.4, -0.2) is 35.3 Å². The SMILES string of the molecule is COc1cccc(C=C2SC(=S)N(CCN)C2=O)c1.Cl. The predicted octanol–water partition coefficient (Wildman–Crippen LogP) is 2.28. The first-order valence-corrected chi connectivity index (χ1v) is 6.97. The number of carbonyl (C=O) groups is 1. The summed E-state index contributed by atoms with van der Waals surface area (Å²) in [6.07, 6.45) is 1.82. The van der Waals surface area contributed by atoms with Crippen molar-refractivity contribution in [3.8, 4) is 5.75 Å². The van der Waals surface area contributed by atoms with E-state index in [0.29, 0.717) is 22.3 Å².